The smallest absolute Gasteiger partial charge is 0.262 e. The molecule has 172 valence electrons. The van der Waals surface area contributed by atoms with Gasteiger partial charge < -0.3 is 5.32 Å². The molecule has 0 bridgehead atoms. The highest BCUT2D eigenvalue weighted by Gasteiger charge is 2.45. The van der Waals surface area contributed by atoms with Crippen LogP contribution in [0.4, 0.5) is 0 Å². The largest absolute Gasteiger partial charge is 0.316 e. The van der Waals surface area contributed by atoms with Crippen LogP contribution in [0.3, 0.4) is 0 Å². The second-order valence-electron chi connectivity index (χ2n) is 9.02. The molecular formula is C26H29N3O4. The Hall–Kier alpha value is -3.32. The van der Waals surface area contributed by atoms with Crippen LogP contribution in [0.5, 0.6) is 0 Å². The second-order valence-corrected chi connectivity index (χ2v) is 9.02. The lowest BCUT2D eigenvalue weighted by molar-refractivity contribution is -0.136. The van der Waals surface area contributed by atoms with Gasteiger partial charge in [-0.05, 0) is 61.0 Å². The van der Waals surface area contributed by atoms with Gasteiger partial charge in [0.1, 0.15) is 6.04 Å². The van der Waals surface area contributed by atoms with Crippen LogP contribution in [0.2, 0.25) is 0 Å². The lowest BCUT2D eigenvalue weighted by atomic mass is 9.92. The molecule has 2 aliphatic heterocycles. The Morgan fingerprint density at radius 1 is 0.939 bits per heavy atom. The SMILES string of the molecule is CC(C)CCNCCc1ccccc1-c1cccc2c1C(=O)N(C1CCC(=O)NC1=O)C2=O. The summed E-state index contributed by atoms with van der Waals surface area (Å²) in [4.78, 5) is 51.5. The Morgan fingerprint density at radius 2 is 1.67 bits per heavy atom. The maximum Gasteiger partial charge on any atom is 0.262 e. The highest BCUT2D eigenvalue weighted by Crippen LogP contribution is 2.36. The fourth-order valence-electron chi connectivity index (χ4n) is 4.48. The first-order chi connectivity index (χ1) is 15.9. The Kier molecular flexibility index (Phi) is 6.70. The van der Waals surface area contributed by atoms with E-state index >= 15 is 0 Å². The molecule has 2 heterocycles. The van der Waals surface area contributed by atoms with Gasteiger partial charge in [0.05, 0.1) is 11.1 Å². The third-order valence-corrected chi connectivity index (χ3v) is 6.25. The summed E-state index contributed by atoms with van der Waals surface area (Å²) >= 11 is 0. The first-order valence-electron chi connectivity index (χ1n) is 11.5. The lowest BCUT2D eigenvalue weighted by Crippen LogP contribution is -2.54. The lowest BCUT2D eigenvalue weighted by Gasteiger charge is -2.27. The van der Waals surface area contributed by atoms with Crippen molar-refractivity contribution in [3.8, 4) is 11.1 Å². The summed E-state index contributed by atoms with van der Waals surface area (Å²) in [6.07, 6.45) is 2.14. The number of nitrogens with zero attached hydrogens (tertiary/aromatic N) is 1. The first-order valence-corrected chi connectivity index (χ1v) is 11.5. The number of fused-ring (bicyclic) bond motifs is 1. The van der Waals surface area contributed by atoms with Crippen molar-refractivity contribution >= 4 is 23.6 Å². The number of carbonyl (C=O) groups excluding carboxylic acids is 4. The van der Waals surface area contributed by atoms with Crippen LogP contribution in [0, 0.1) is 5.92 Å². The summed E-state index contributed by atoms with van der Waals surface area (Å²) in [5.74, 6) is -1.31. The van der Waals surface area contributed by atoms with Crippen molar-refractivity contribution < 1.29 is 19.2 Å². The van der Waals surface area contributed by atoms with Crippen molar-refractivity contribution in [2.45, 2.75) is 45.6 Å². The minimum absolute atomic E-state index is 0.101. The van der Waals surface area contributed by atoms with Crippen molar-refractivity contribution in [1.29, 1.82) is 0 Å². The maximum absolute atomic E-state index is 13.4. The minimum Gasteiger partial charge on any atom is -0.316 e. The Labute approximate surface area is 193 Å². The molecule has 7 nitrogen and oxygen atoms in total. The third-order valence-electron chi connectivity index (χ3n) is 6.25. The number of rotatable bonds is 8. The normalized spacial score (nSPS) is 18.2. The fourth-order valence-corrected chi connectivity index (χ4v) is 4.48. The van der Waals surface area contributed by atoms with Gasteiger partial charge >= 0.3 is 0 Å². The van der Waals surface area contributed by atoms with Gasteiger partial charge in [0.2, 0.25) is 11.8 Å². The molecule has 0 spiro atoms. The highest BCUT2D eigenvalue weighted by atomic mass is 16.2. The number of imide groups is 2. The van der Waals surface area contributed by atoms with E-state index in [1.54, 1.807) is 12.1 Å². The molecule has 0 aliphatic carbocycles. The van der Waals surface area contributed by atoms with Gasteiger partial charge in [-0.15, -0.1) is 0 Å². The summed E-state index contributed by atoms with van der Waals surface area (Å²) in [5.41, 5.74) is 3.31. The summed E-state index contributed by atoms with van der Waals surface area (Å²) < 4.78 is 0. The topological polar surface area (TPSA) is 95.6 Å². The average molecular weight is 448 g/mol. The van der Waals surface area contributed by atoms with Gasteiger partial charge in [-0.25, -0.2) is 0 Å². The van der Waals surface area contributed by atoms with E-state index in [1.165, 1.54) is 0 Å². The van der Waals surface area contributed by atoms with E-state index in [9.17, 15) is 19.2 Å². The molecule has 4 rings (SSSR count). The number of carbonyl (C=O) groups is 4. The molecule has 0 aromatic heterocycles. The monoisotopic (exact) mass is 447 g/mol. The van der Waals surface area contributed by atoms with Crippen molar-refractivity contribution in [3.05, 3.63) is 59.2 Å². The number of hydrogen-bond acceptors (Lipinski definition) is 5. The summed E-state index contributed by atoms with van der Waals surface area (Å²) in [5, 5.41) is 5.71. The number of hydrogen-bond donors (Lipinski definition) is 2. The van der Waals surface area contributed by atoms with Gasteiger partial charge in [0.15, 0.2) is 0 Å². The Balaban J connectivity index is 1.61. The molecule has 33 heavy (non-hydrogen) atoms. The standard InChI is InChI=1S/C26H29N3O4/c1-16(2)12-14-27-15-13-17-6-3-4-7-18(17)19-8-5-9-20-23(19)26(33)29(25(20)32)21-10-11-22(30)28-24(21)31/h3-9,16,21,27H,10-15H2,1-2H3,(H,28,30,31). The molecule has 4 amide bonds. The molecule has 2 aromatic carbocycles. The van der Waals surface area contributed by atoms with Crippen molar-refractivity contribution in [2.24, 2.45) is 5.92 Å². The minimum atomic E-state index is -0.969. The van der Waals surface area contributed by atoms with Crippen LogP contribution >= 0.6 is 0 Å². The third kappa shape index (κ3) is 4.59. The first kappa shape index (κ1) is 22.9. The summed E-state index contributed by atoms with van der Waals surface area (Å²) in [7, 11) is 0. The predicted molar refractivity (Wildman–Crippen MR) is 125 cm³/mol. The van der Waals surface area contributed by atoms with Gasteiger partial charge in [0, 0.05) is 6.42 Å². The van der Waals surface area contributed by atoms with Gasteiger partial charge in [-0.1, -0.05) is 50.2 Å². The van der Waals surface area contributed by atoms with E-state index in [4.69, 9.17) is 0 Å². The molecule has 7 heteroatoms. The molecule has 2 aromatic rings. The van der Waals surface area contributed by atoms with E-state index in [2.05, 4.69) is 24.5 Å². The molecule has 0 saturated carbocycles. The van der Waals surface area contributed by atoms with E-state index < -0.39 is 23.8 Å². The number of amides is 4. The number of nitrogens with one attached hydrogen (secondary N) is 2. The summed E-state index contributed by atoms with van der Waals surface area (Å²) in [6, 6.07) is 12.2. The van der Waals surface area contributed by atoms with Gasteiger partial charge in [0.25, 0.3) is 11.8 Å². The van der Waals surface area contributed by atoms with Crippen LogP contribution in [-0.2, 0) is 16.0 Å². The molecule has 1 unspecified atom stereocenters. The van der Waals surface area contributed by atoms with Crippen LogP contribution in [0.1, 0.15) is 59.4 Å². The Morgan fingerprint density at radius 3 is 2.42 bits per heavy atom. The summed E-state index contributed by atoms with van der Waals surface area (Å²) in [6.45, 7) is 6.16. The zero-order valence-electron chi connectivity index (χ0n) is 19.0. The molecule has 1 fully saturated rings. The van der Waals surface area contributed by atoms with E-state index in [0.717, 1.165) is 42.0 Å². The highest BCUT2D eigenvalue weighted by molar-refractivity contribution is 6.25. The van der Waals surface area contributed by atoms with E-state index in [-0.39, 0.29) is 18.7 Å². The predicted octanol–water partition coefficient (Wildman–Crippen LogP) is 2.93. The number of piperidine rings is 1. The fraction of sp³-hybridized carbons (Fsp3) is 0.385. The Bertz CT molecular complexity index is 1110. The van der Waals surface area contributed by atoms with Gasteiger partial charge in [-0.2, -0.15) is 0 Å². The molecular weight excluding hydrogens is 418 g/mol. The molecule has 2 N–H and O–H groups in total. The zero-order valence-corrected chi connectivity index (χ0v) is 19.0. The number of benzene rings is 2. The quantitative estimate of drug-likeness (QED) is 0.479. The van der Waals surface area contributed by atoms with Gasteiger partial charge in [-0.3, -0.25) is 29.4 Å². The molecule has 1 atom stereocenters. The van der Waals surface area contributed by atoms with Crippen molar-refractivity contribution in [3.63, 3.8) is 0 Å². The maximum atomic E-state index is 13.4. The zero-order chi connectivity index (χ0) is 23.5. The van der Waals surface area contributed by atoms with E-state index in [0.29, 0.717) is 22.6 Å². The second kappa shape index (κ2) is 9.67. The molecule has 0 radical (unpaired) electrons. The molecule has 1 saturated heterocycles. The average Bonchev–Trinajstić information content (AvgIpc) is 3.04. The van der Waals surface area contributed by atoms with E-state index in [1.807, 2.05) is 30.3 Å². The van der Waals surface area contributed by atoms with Crippen LogP contribution in [0.25, 0.3) is 11.1 Å². The van der Waals surface area contributed by atoms with Crippen molar-refractivity contribution in [1.82, 2.24) is 15.5 Å². The van der Waals surface area contributed by atoms with Crippen LogP contribution < -0.4 is 10.6 Å². The molecule has 2 aliphatic rings. The van der Waals surface area contributed by atoms with Crippen LogP contribution in [0.15, 0.2) is 42.5 Å². The van der Waals surface area contributed by atoms with Crippen LogP contribution in [-0.4, -0.2) is 47.7 Å². The van der Waals surface area contributed by atoms with Crippen molar-refractivity contribution in [2.75, 3.05) is 13.1 Å².